The zero-order chi connectivity index (χ0) is 23.8. The van der Waals surface area contributed by atoms with Crippen LogP contribution in [0.15, 0.2) is 42.7 Å². The number of H-pyrrole nitrogens is 1. The first-order valence-corrected chi connectivity index (χ1v) is 11.7. The molecule has 0 atom stereocenters. The molecule has 1 aromatic carbocycles. The van der Waals surface area contributed by atoms with Crippen LogP contribution < -0.4 is 14.9 Å². The number of aromatic amines is 1. The van der Waals surface area contributed by atoms with Crippen molar-refractivity contribution in [3.8, 4) is 0 Å². The Labute approximate surface area is 192 Å². The SMILES string of the molecule is CN(c1ncccc1CNc1nc(Nc2ccc(F)c(Cl)c2)nc2[nH]cc(F)c12)S(C)(=O)=O. The van der Waals surface area contributed by atoms with Crippen LogP contribution in [-0.2, 0) is 16.6 Å². The molecule has 0 unspecified atom stereocenters. The predicted octanol–water partition coefficient (Wildman–Crippen LogP) is 4.04. The number of hydrogen-bond acceptors (Lipinski definition) is 7. The minimum absolute atomic E-state index is 0.0792. The first-order chi connectivity index (χ1) is 15.6. The third-order valence-corrected chi connectivity index (χ3v) is 6.23. The zero-order valence-electron chi connectivity index (χ0n) is 17.4. The molecule has 9 nitrogen and oxygen atoms in total. The maximum Gasteiger partial charge on any atom is 0.233 e. The van der Waals surface area contributed by atoms with E-state index in [0.717, 1.165) is 16.8 Å². The minimum atomic E-state index is -3.54. The lowest BCUT2D eigenvalue weighted by Crippen LogP contribution is -2.27. The van der Waals surface area contributed by atoms with Crippen molar-refractivity contribution in [2.24, 2.45) is 0 Å². The van der Waals surface area contributed by atoms with Crippen LogP contribution in [0.1, 0.15) is 5.56 Å². The monoisotopic (exact) mass is 493 g/mol. The molecule has 0 saturated carbocycles. The van der Waals surface area contributed by atoms with Gasteiger partial charge in [-0.1, -0.05) is 17.7 Å². The van der Waals surface area contributed by atoms with Gasteiger partial charge in [-0.25, -0.2) is 22.2 Å². The molecule has 0 radical (unpaired) electrons. The molecule has 3 N–H and O–H groups in total. The fourth-order valence-electron chi connectivity index (χ4n) is 3.07. The van der Waals surface area contributed by atoms with Gasteiger partial charge in [0.15, 0.2) is 5.82 Å². The van der Waals surface area contributed by atoms with E-state index in [4.69, 9.17) is 11.6 Å². The number of anilines is 4. The molecule has 0 saturated heterocycles. The van der Waals surface area contributed by atoms with Gasteiger partial charge in [0.25, 0.3) is 0 Å². The van der Waals surface area contributed by atoms with E-state index >= 15 is 0 Å². The second kappa shape index (κ2) is 8.79. The fraction of sp³-hybridized carbons (Fsp3) is 0.150. The minimum Gasteiger partial charge on any atom is -0.365 e. The molecule has 0 aliphatic heterocycles. The molecule has 0 bridgehead atoms. The lowest BCUT2D eigenvalue weighted by Gasteiger charge is -2.19. The summed E-state index contributed by atoms with van der Waals surface area (Å²) in [7, 11) is -2.14. The van der Waals surface area contributed by atoms with Crippen molar-refractivity contribution in [2.45, 2.75) is 6.54 Å². The number of nitrogens with zero attached hydrogens (tertiary/aromatic N) is 4. The Morgan fingerprint density at radius 3 is 2.70 bits per heavy atom. The predicted molar refractivity (Wildman–Crippen MR) is 123 cm³/mol. The summed E-state index contributed by atoms with van der Waals surface area (Å²) in [6, 6.07) is 7.38. The standard InChI is InChI=1S/C20H18ClF2N7O2S/c1-30(33(2,31)32)19-11(4-3-7-24-19)9-25-17-16-15(23)10-26-18(16)29-20(28-17)27-12-5-6-14(22)13(21)8-12/h3-8,10H,9H2,1-2H3,(H3,25,26,27,28,29). The summed E-state index contributed by atoms with van der Waals surface area (Å²) in [6.07, 6.45) is 3.70. The number of halogens is 3. The summed E-state index contributed by atoms with van der Waals surface area (Å²) in [6.45, 7) is 0.0988. The highest BCUT2D eigenvalue weighted by Gasteiger charge is 2.19. The molecule has 0 amide bonds. The van der Waals surface area contributed by atoms with E-state index in [9.17, 15) is 17.2 Å². The lowest BCUT2D eigenvalue weighted by molar-refractivity contribution is 0.599. The molecule has 33 heavy (non-hydrogen) atoms. The lowest BCUT2D eigenvalue weighted by atomic mass is 10.2. The quantitative estimate of drug-likeness (QED) is 0.356. The Morgan fingerprint density at radius 1 is 1.18 bits per heavy atom. The number of fused-ring (bicyclic) bond motifs is 1. The maximum absolute atomic E-state index is 14.4. The first-order valence-electron chi connectivity index (χ1n) is 9.52. The van der Waals surface area contributed by atoms with Gasteiger partial charge in [0.2, 0.25) is 16.0 Å². The Kier molecular flexibility index (Phi) is 6.04. The molecule has 3 aromatic heterocycles. The Bertz CT molecular complexity index is 1450. The number of sulfonamides is 1. The fourth-order valence-corrected chi connectivity index (χ4v) is 3.73. The van der Waals surface area contributed by atoms with Crippen LogP contribution in [0.3, 0.4) is 0 Å². The van der Waals surface area contributed by atoms with Gasteiger partial charge < -0.3 is 15.6 Å². The smallest absolute Gasteiger partial charge is 0.233 e. The highest BCUT2D eigenvalue weighted by molar-refractivity contribution is 7.92. The van der Waals surface area contributed by atoms with Crippen molar-refractivity contribution in [1.82, 2.24) is 19.9 Å². The van der Waals surface area contributed by atoms with E-state index < -0.39 is 21.7 Å². The van der Waals surface area contributed by atoms with E-state index in [0.29, 0.717) is 11.3 Å². The van der Waals surface area contributed by atoms with E-state index in [1.165, 1.54) is 31.4 Å². The Morgan fingerprint density at radius 2 is 1.97 bits per heavy atom. The van der Waals surface area contributed by atoms with Gasteiger partial charge in [-0.3, -0.25) is 4.31 Å². The van der Waals surface area contributed by atoms with E-state index in [-0.39, 0.29) is 40.2 Å². The van der Waals surface area contributed by atoms with Gasteiger partial charge in [-0.05, 0) is 24.3 Å². The van der Waals surface area contributed by atoms with E-state index in [2.05, 4.69) is 30.6 Å². The summed E-state index contributed by atoms with van der Waals surface area (Å²) < 4.78 is 52.8. The summed E-state index contributed by atoms with van der Waals surface area (Å²) in [4.78, 5) is 15.5. The molecular formula is C20H18ClF2N7O2S. The Hall–Kier alpha value is -3.51. The summed E-state index contributed by atoms with van der Waals surface area (Å²) in [5.74, 6) is -0.644. The van der Waals surface area contributed by atoms with E-state index in [1.54, 1.807) is 12.1 Å². The number of benzene rings is 1. The highest BCUT2D eigenvalue weighted by Crippen LogP contribution is 2.28. The number of aromatic nitrogens is 4. The van der Waals surface area contributed by atoms with Crippen molar-refractivity contribution in [3.05, 3.63) is 64.9 Å². The summed E-state index contributed by atoms with van der Waals surface area (Å²) >= 11 is 5.82. The van der Waals surface area contributed by atoms with Crippen LogP contribution in [0.25, 0.3) is 11.0 Å². The molecule has 0 fully saturated rings. The average molecular weight is 494 g/mol. The van der Waals surface area contributed by atoms with Crippen molar-refractivity contribution >= 4 is 55.9 Å². The molecule has 13 heteroatoms. The topological polar surface area (TPSA) is 116 Å². The molecule has 3 heterocycles. The van der Waals surface area contributed by atoms with Gasteiger partial charge in [0.05, 0.1) is 16.7 Å². The largest absolute Gasteiger partial charge is 0.365 e. The molecule has 0 aliphatic carbocycles. The van der Waals surface area contributed by atoms with E-state index in [1.807, 2.05) is 0 Å². The van der Waals surface area contributed by atoms with Crippen LogP contribution in [0.2, 0.25) is 5.02 Å². The number of nitrogens with one attached hydrogen (secondary N) is 3. The van der Waals surface area contributed by atoms with Gasteiger partial charge >= 0.3 is 0 Å². The van der Waals surface area contributed by atoms with Crippen LogP contribution in [0.5, 0.6) is 0 Å². The molecule has 0 aliphatic rings. The van der Waals surface area contributed by atoms with Crippen molar-refractivity contribution < 1.29 is 17.2 Å². The summed E-state index contributed by atoms with van der Waals surface area (Å²) in [5, 5.41) is 5.98. The maximum atomic E-state index is 14.4. The van der Waals surface area contributed by atoms with Crippen LogP contribution >= 0.6 is 11.6 Å². The second-order valence-electron chi connectivity index (χ2n) is 7.08. The van der Waals surface area contributed by atoms with Gasteiger partial charge in [0.1, 0.15) is 23.1 Å². The van der Waals surface area contributed by atoms with Crippen LogP contribution in [-0.4, -0.2) is 41.7 Å². The molecule has 4 aromatic rings. The normalized spacial score (nSPS) is 11.5. The molecule has 0 spiro atoms. The highest BCUT2D eigenvalue weighted by atomic mass is 35.5. The second-order valence-corrected chi connectivity index (χ2v) is 9.50. The number of pyridine rings is 1. The number of rotatable bonds is 7. The summed E-state index contributed by atoms with van der Waals surface area (Å²) in [5.41, 5.74) is 1.20. The molecule has 4 rings (SSSR count). The van der Waals surface area contributed by atoms with Gasteiger partial charge in [-0.15, -0.1) is 0 Å². The molecule has 172 valence electrons. The Balaban J connectivity index is 1.67. The molecular weight excluding hydrogens is 476 g/mol. The third-order valence-electron chi connectivity index (χ3n) is 4.77. The van der Waals surface area contributed by atoms with Crippen LogP contribution in [0, 0.1) is 11.6 Å². The number of hydrogen-bond donors (Lipinski definition) is 3. The van der Waals surface area contributed by atoms with Gasteiger partial charge in [0, 0.05) is 37.2 Å². The van der Waals surface area contributed by atoms with Crippen molar-refractivity contribution in [3.63, 3.8) is 0 Å². The average Bonchev–Trinajstić information content (AvgIpc) is 3.14. The van der Waals surface area contributed by atoms with Crippen molar-refractivity contribution in [2.75, 3.05) is 28.2 Å². The van der Waals surface area contributed by atoms with Crippen LogP contribution in [0.4, 0.5) is 32.1 Å². The van der Waals surface area contributed by atoms with Gasteiger partial charge in [-0.2, -0.15) is 9.97 Å². The zero-order valence-corrected chi connectivity index (χ0v) is 19.0. The third kappa shape index (κ3) is 4.81. The first kappa shape index (κ1) is 22.7. The van der Waals surface area contributed by atoms with Crippen molar-refractivity contribution in [1.29, 1.82) is 0 Å².